The van der Waals surface area contributed by atoms with Gasteiger partial charge in [0.05, 0.1) is 29.7 Å². The summed E-state index contributed by atoms with van der Waals surface area (Å²) in [5.41, 5.74) is 3.44. The summed E-state index contributed by atoms with van der Waals surface area (Å²) in [4.78, 5) is 19.7. The average molecular weight is 544 g/mol. The Morgan fingerprint density at radius 3 is 2.77 bits per heavy atom. The molecule has 1 aromatic heterocycles. The van der Waals surface area contributed by atoms with Gasteiger partial charge in [-0.05, 0) is 65.9 Å². The predicted octanol–water partition coefficient (Wildman–Crippen LogP) is 4.98. The van der Waals surface area contributed by atoms with Crippen LogP contribution >= 0.6 is 11.6 Å². The van der Waals surface area contributed by atoms with Crippen LogP contribution < -0.4 is 5.32 Å². The second kappa shape index (κ2) is 11.7. The van der Waals surface area contributed by atoms with Gasteiger partial charge < -0.3 is 19.9 Å². The Labute approximate surface area is 231 Å². The van der Waals surface area contributed by atoms with Crippen LogP contribution in [0.15, 0.2) is 79.3 Å². The molecule has 2 atom stereocenters. The van der Waals surface area contributed by atoms with E-state index in [2.05, 4.69) is 10.3 Å². The zero-order valence-corrected chi connectivity index (χ0v) is 21.9. The number of aromatic hydroxyl groups is 1. The molecule has 7 nitrogen and oxygen atoms in total. The molecule has 1 saturated heterocycles. The van der Waals surface area contributed by atoms with Crippen molar-refractivity contribution >= 4 is 17.5 Å². The van der Waals surface area contributed by atoms with Crippen molar-refractivity contribution in [1.82, 2.24) is 19.8 Å². The van der Waals surface area contributed by atoms with E-state index >= 15 is 0 Å². The molecule has 0 unspecified atom stereocenters. The van der Waals surface area contributed by atoms with Gasteiger partial charge in [0.2, 0.25) is 5.91 Å². The molecule has 1 fully saturated rings. The third-order valence-corrected chi connectivity index (χ3v) is 7.26. The Morgan fingerprint density at radius 2 is 2.00 bits per heavy atom. The largest absolute Gasteiger partial charge is 0.508 e. The van der Waals surface area contributed by atoms with Gasteiger partial charge in [-0.2, -0.15) is 5.26 Å². The Bertz CT molecular complexity index is 1530. The van der Waals surface area contributed by atoms with Crippen LogP contribution in [0.5, 0.6) is 5.75 Å². The van der Waals surface area contributed by atoms with Gasteiger partial charge >= 0.3 is 0 Å². The fourth-order valence-corrected chi connectivity index (χ4v) is 5.25. The van der Waals surface area contributed by atoms with Gasteiger partial charge in [0.1, 0.15) is 17.6 Å². The third kappa shape index (κ3) is 6.11. The zero-order chi connectivity index (χ0) is 27.4. The Balaban J connectivity index is 1.28. The number of phenolic OH excluding ortho intramolecular Hbond substituents is 1. The van der Waals surface area contributed by atoms with E-state index in [1.54, 1.807) is 36.8 Å². The zero-order valence-electron chi connectivity index (χ0n) is 21.1. The first-order chi connectivity index (χ1) is 18.9. The van der Waals surface area contributed by atoms with Gasteiger partial charge in [0, 0.05) is 30.9 Å². The number of benzene rings is 3. The first-order valence-electron chi connectivity index (χ1n) is 12.7. The molecule has 1 amide bonds. The van der Waals surface area contributed by atoms with Crippen LogP contribution in [0.2, 0.25) is 5.02 Å². The summed E-state index contributed by atoms with van der Waals surface area (Å²) in [6, 6.07) is 20.4. The minimum Gasteiger partial charge on any atom is -0.508 e. The molecule has 9 heteroatoms. The van der Waals surface area contributed by atoms with Gasteiger partial charge in [-0.3, -0.25) is 4.79 Å². The summed E-state index contributed by atoms with van der Waals surface area (Å²) in [6.45, 7) is 1.37. The van der Waals surface area contributed by atoms with Crippen LogP contribution in [0.1, 0.15) is 40.4 Å². The average Bonchev–Trinajstić information content (AvgIpc) is 3.51. The number of phenols is 1. The number of nitrogens with one attached hydrogen (secondary N) is 1. The number of carbonyl (C=O) groups excluding carboxylic acids is 1. The highest BCUT2D eigenvalue weighted by Crippen LogP contribution is 2.32. The number of nitriles is 1. The van der Waals surface area contributed by atoms with E-state index in [1.165, 1.54) is 12.1 Å². The fraction of sp³-hybridized carbons (Fsp3) is 0.233. The molecule has 0 saturated carbocycles. The number of rotatable bonds is 9. The molecule has 198 valence electrons. The number of amides is 1. The van der Waals surface area contributed by atoms with Crippen molar-refractivity contribution in [2.75, 3.05) is 6.54 Å². The van der Waals surface area contributed by atoms with Gasteiger partial charge in [0.15, 0.2) is 0 Å². The van der Waals surface area contributed by atoms with E-state index in [1.807, 2.05) is 45.9 Å². The Kier molecular flexibility index (Phi) is 7.92. The molecule has 5 rings (SSSR count). The van der Waals surface area contributed by atoms with Gasteiger partial charge in [-0.15, -0.1) is 0 Å². The lowest BCUT2D eigenvalue weighted by molar-refractivity contribution is -0.131. The number of halogens is 2. The minimum absolute atomic E-state index is 0.00870. The van der Waals surface area contributed by atoms with Crippen molar-refractivity contribution in [2.45, 2.75) is 38.0 Å². The van der Waals surface area contributed by atoms with Crippen LogP contribution in [0.25, 0.3) is 0 Å². The molecular weight excluding hydrogens is 517 g/mol. The van der Waals surface area contributed by atoms with Gasteiger partial charge in [-0.1, -0.05) is 41.9 Å². The lowest BCUT2D eigenvalue weighted by Crippen LogP contribution is -2.40. The van der Waals surface area contributed by atoms with Crippen molar-refractivity contribution in [3.8, 4) is 11.8 Å². The van der Waals surface area contributed by atoms with E-state index in [9.17, 15) is 14.3 Å². The number of carbonyl (C=O) groups is 1. The van der Waals surface area contributed by atoms with Gasteiger partial charge in [0.25, 0.3) is 0 Å². The Hall–Kier alpha value is -4.19. The summed E-state index contributed by atoms with van der Waals surface area (Å²) >= 11 is 6.22. The van der Waals surface area contributed by atoms with Crippen LogP contribution in [0.3, 0.4) is 0 Å². The quantitative estimate of drug-likeness (QED) is 0.311. The summed E-state index contributed by atoms with van der Waals surface area (Å²) in [7, 11) is 0. The molecule has 2 N–H and O–H groups in total. The van der Waals surface area contributed by atoms with Crippen molar-refractivity contribution in [3.63, 3.8) is 0 Å². The molecule has 0 aliphatic carbocycles. The maximum absolute atomic E-state index is 14.1. The first-order valence-corrected chi connectivity index (χ1v) is 13.0. The van der Waals surface area contributed by atoms with Gasteiger partial charge in [-0.25, -0.2) is 9.37 Å². The predicted molar refractivity (Wildman–Crippen MR) is 145 cm³/mol. The van der Waals surface area contributed by atoms with Crippen LogP contribution in [0, 0.1) is 17.1 Å². The maximum Gasteiger partial charge on any atom is 0.240 e. The lowest BCUT2D eigenvalue weighted by Gasteiger charge is -2.29. The van der Waals surface area contributed by atoms with E-state index in [0.29, 0.717) is 43.1 Å². The van der Waals surface area contributed by atoms with Crippen LogP contribution in [0.4, 0.5) is 4.39 Å². The monoisotopic (exact) mass is 543 g/mol. The van der Waals surface area contributed by atoms with Crippen molar-refractivity contribution in [1.29, 1.82) is 5.26 Å². The molecule has 39 heavy (non-hydrogen) atoms. The molecular formula is C30H27ClFN5O2. The smallest absolute Gasteiger partial charge is 0.240 e. The molecule has 1 aliphatic heterocycles. The van der Waals surface area contributed by atoms with E-state index < -0.39 is 5.82 Å². The Morgan fingerprint density at radius 1 is 1.15 bits per heavy atom. The number of hydrogen-bond acceptors (Lipinski definition) is 5. The molecule has 0 radical (unpaired) electrons. The topological polar surface area (TPSA) is 94.2 Å². The van der Waals surface area contributed by atoms with E-state index in [-0.39, 0.29) is 29.3 Å². The second-order valence-electron chi connectivity index (χ2n) is 9.64. The number of nitrogens with zero attached hydrogens (tertiary/aromatic N) is 4. The summed E-state index contributed by atoms with van der Waals surface area (Å²) in [5.74, 6) is -0.406. The number of likely N-dealkylation sites (tertiary alicyclic amines) is 1. The highest BCUT2D eigenvalue weighted by molar-refractivity contribution is 6.30. The molecule has 1 aliphatic rings. The molecule has 3 aromatic carbocycles. The number of hydrogen-bond donors (Lipinski definition) is 2. The summed E-state index contributed by atoms with van der Waals surface area (Å²) in [6.07, 6.45) is 4.59. The molecule has 0 spiro atoms. The minimum atomic E-state index is -0.550. The second-order valence-corrected chi connectivity index (χ2v) is 10.1. The van der Waals surface area contributed by atoms with Crippen molar-refractivity contribution in [3.05, 3.63) is 118 Å². The number of aromatic nitrogens is 2. The molecule has 2 heterocycles. The third-order valence-electron chi connectivity index (χ3n) is 7.02. The summed E-state index contributed by atoms with van der Waals surface area (Å²) < 4.78 is 15.9. The standard InChI is InChI=1S/C30H27ClFN5O2/c31-24-5-1-3-20(11-24)13-29(22-4-2-6-26(38)14-22)37-10-9-28(30(37)39)35-17-25-16-34-19-36(25)18-21-7-8-23(15-33)27(32)12-21/h1-8,11-12,14,16,19,28-29,35,38H,9-10,13,17-18H2/t28-,29-/m0/s1. The highest BCUT2D eigenvalue weighted by Gasteiger charge is 2.36. The first kappa shape index (κ1) is 26.4. The SMILES string of the molecule is N#Cc1ccc(Cn2cncc2CN[C@H]2CCN([C@@H](Cc3cccc(Cl)c3)c3cccc(O)c3)C2=O)cc1F. The summed E-state index contributed by atoms with van der Waals surface area (Å²) in [5, 5.41) is 23.1. The fourth-order valence-electron chi connectivity index (χ4n) is 5.04. The molecule has 0 bridgehead atoms. The van der Waals surface area contributed by atoms with Crippen LogP contribution in [-0.2, 0) is 24.3 Å². The highest BCUT2D eigenvalue weighted by atomic mass is 35.5. The van der Waals surface area contributed by atoms with Crippen molar-refractivity contribution in [2.24, 2.45) is 0 Å². The van der Waals surface area contributed by atoms with Crippen LogP contribution in [-0.4, -0.2) is 38.1 Å². The lowest BCUT2D eigenvalue weighted by atomic mass is 9.97. The van der Waals surface area contributed by atoms with Crippen molar-refractivity contribution < 1.29 is 14.3 Å². The maximum atomic E-state index is 14.1. The van der Waals surface area contributed by atoms with E-state index in [0.717, 1.165) is 16.8 Å². The molecule has 4 aromatic rings. The van der Waals surface area contributed by atoms with E-state index in [4.69, 9.17) is 16.9 Å². The number of imidazole rings is 1. The normalized spacial score (nSPS) is 15.9.